The van der Waals surface area contributed by atoms with Crippen LogP contribution in [0.3, 0.4) is 0 Å². The van der Waals surface area contributed by atoms with E-state index in [9.17, 15) is 0 Å². The monoisotopic (exact) mass is 221 g/mol. The van der Waals surface area contributed by atoms with E-state index >= 15 is 0 Å². The third-order valence-electron chi connectivity index (χ3n) is 2.90. The van der Waals surface area contributed by atoms with Gasteiger partial charge >= 0.3 is 0 Å². The van der Waals surface area contributed by atoms with Crippen LogP contribution in [-0.2, 0) is 6.42 Å². The summed E-state index contributed by atoms with van der Waals surface area (Å²) in [5.74, 6) is 0.993. The van der Waals surface area contributed by atoms with Crippen LogP contribution >= 0.6 is 0 Å². The molecule has 0 saturated carbocycles. The number of nitrogens with one attached hydrogen (secondary N) is 1. The minimum absolute atomic E-state index is 0.993. The first kappa shape index (κ1) is 13.0. The van der Waals surface area contributed by atoms with Gasteiger partial charge in [0.15, 0.2) is 0 Å². The van der Waals surface area contributed by atoms with Crippen molar-refractivity contribution in [1.29, 1.82) is 0 Å². The Bertz CT molecular complexity index is 334. The summed E-state index contributed by atoms with van der Waals surface area (Å²) in [6.07, 6.45) is 2.34. The Morgan fingerprint density at radius 3 is 2.56 bits per heavy atom. The number of methoxy groups -OCH3 is 1. The molecule has 0 aromatic heterocycles. The van der Waals surface area contributed by atoms with Gasteiger partial charge in [0.05, 0.1) is 7.11 Å². The van der Waals surface area contributed by atoms with Crippen molar-refractivity contribution in [2.45, 2.75) is 33.6 Å². The molecule has 0 amide bonds. The molecule has 0 fully saturated rings. The lowest BCUT2D eigenvalue weighted by molar-refractivity contribution is 0.411. The van der Waals surface area contributed by atoms with Crippen molar-refractivity contribution in [1.82, 2.24) is 5.32 Å². The molecule has 0 radical (unpaired) electrons. The van der Waals surface area contributed by atoms with Crippen molar-refractivity contribution in [3.05, 3.63) is 28.8 Å². The maximum atomic E-state index is 5.31. The third kappa shape index (κ3) is 3.53. The predicted molar refractivity (Wildman–Crippen MR) is 69.3 cm³/mol. The Morgan fingerprint density at radius 2 is 1.94 bits per heavy atom. The molecule has 0 bridgehead atoms. The van der Waals surface area contributed by atoms with Crippen LogP contribution in [-0.4, -0.2) is 20.2 Å². The van der Waals surface area contributed by atoms with E-state index in [2.05, 4.69) is 38.2 Å². The molecule has 0 aliphatic carbocycles. The van der Waals surface area contributed by atoms with E-state index in [1.165, 1.54) is 23.1 Å². The lowest BCUT2D eigenvalue weighted by Gasteiger charge is -2.11. The van der Waals surface area contributed by atoms with Crippen LogP contribution in [0.5, 0.6) is 5.75 Å². The topological polar surface area (TPSA) is 21.3 Å². The van der Waals surface area contributed by atoms with Gasteiger partial charge in [0.1, 0.15) is 5.75 Å². The Hall–Kier alpha value is -1.02. The van der Waals surface area contributed by atoms with Gasteiger partial charge in [-0.15, -0.1) is 0 Å². The average molecular weight is 221 g/mol. The normalized spacial score (nSPS) is 10.5. The zero-order valence-corrected chi connectivity index (χ0v) is 10.9. The lowest BCUT2D eigenvalue weighted by Crippen LogP contribution is -2.14. The molecule has 0 unspecified atom stereocenters. The van der Waals surface area contributed by atoms with Gasteiger partial charge in [0, 0.05) is 0 Å². The first-order valence-corrected chi connectivity index (χ1v) is 6.03. The summed E-state index contributed by atoms with van der Waals surface area (Å²) in [6, 6.07) is 4.39. The number of hydrogen-bond donors (Lipinski definition) is 1. The highest BCUT2D eigenvalue weighted by Crippen LogP contribution is 2.23. The summed E-state index contributed by atoms with van der Waals surface area (Å²) >= 11 is 0. The van der Waals surface area contributed by atoms with Crippen LogP contribution in [0.2, 0.25) is 0 Å². The number of hydrogen-bond acceptors (Lipinski definition) is 2. The molecular formula is C14H23NO. The smallest absolute Gasteiger partial charge is 0.122 e. The maximum absolute atomic E-state index is 5.31. The highest BCUT2D eigenvalue weighted by molar-refractivity contribution is 5.41. The van der Waals surface area contributed by atoms with E-state index < -0.39 is 0 Å². The second kappa shape index (κ2) is 6.54. The van der Waals surface area contributed by atoms with Crippen molar-refractivity contribution in [3.63, 3.8) is 0 Å². The van der Waals surface area contributed by atoms with Gasteiger partial charge in [0.2, 0.25) is 0 Å². The first-order valence-electron chi connectivity index (χ1n) is 6.03. The molecule has 90 valence electrons. The Labute approximate surface area is 99.0 Å². The van der Waals surface area contributed by atoms with Gasteiger partial charge in [-0.1, -0.05) is 13.0 Å². The summed E-state index contributed by atoms with van der Waals surface area (Å²) in [5, 5.41) is 3.35. The Balaban J connectivity index is 2.63. The van der Waals surface area contributed by atoms with Crippen LogP contribution in [0.4, 0.5) is 0 Å². The third-order valence-corrected chi connectivity index (χ3v) is 2.90. The van der Waals surface area contributed by atoms with Crippen molar-refractivity contribution < 1.29 is 4.74 Å². The van der Waals surface area contributed by atoms with Crippen LogP contribution in [0.25, 0.3) is 0 Å². The highest BCUT2D eigenvalue weighted by atomic mass is 16.5. The fourth-order valence-corrected chi connectivity index (χ4v) is 1.92. The quantitative estimate of drug-likeness (QED) is 0.746. The van der Waals surface area contributed by atoms with Gasteiger partial charge in [-0.05, 0) is 62.5 Å². The van der Waals surface area contributed by atoms with Crippen molar-refractivity contribution in [2.75, 3.05) is 20.2 Å². The van der Waals surface area contributed by atoms with Crippen molar-refractivity contribution in [2.24, 2.45) is 0 Å². The zero-order chi connectivity index (χ0) is 12.0. The maximum Gasteiger partial charge on any atom is 0.122 e. The molecule has 0 spiro atoms. The largest absolute Gasteiger partial charge is 0.496 e. The van der Waals surface area contributed by atoms with Gasteiger partial charge in [-0.25, -0.2) is 0 Å². The van der Waals surface area contributed by atoms with Crippen molar-refractivity contribution in [3.8, 4) is 5.75 Å². The number of benzene rings is 1. The van der Waals surface area contributed by atoms with E-state index in [0.717, 1.165) is 25.3 Å². The van der Waals surface area contributed by atoms with E-state index in [1.54, 1.807) is 7.11 Å². The number of rotatable bonds is 6. The molecule has 2 nitrogen and oxygen atoms in total. The molecule has 0 aliphatic heterocycles. The van der Waals surface area contributed by atoms with E-state index in [1.807, 2.05) is 0 Å². The summed E-state index contributed by atoms with van der Waals surface area (Å²) in [4.78, 5) is 0. The average Bonchev–Trinajstić information content (AvgIpc) is 2.28. The summed E-state index contributed by atoms with van der Waals surface area (Å²) < 4.78 is 5.31. The van der Waals surface area contributed by atoms with Crippen LogP contribution in [0, 0.1) is 13.8 Å². The summed E-state index contributed by atoms with van der Waals surface area (Å²) in [6.45, 7) is 8.56. The molecule has 0 saturated heterocycles. The summed E-state index contributed by atoms with van der Waals surface area (Å²) in [7, 11) is 1.73. The van der Waals surface area contributed by atoms with Crippen LogP contribution < -0.4 is 10.1 Å². The molecule has 1 aromatic rings. The molecule has 1 aromatic carbocycles. The molecule has 1 N–H and O–H groups in total. The number of aryl methyl sites for hydroxylation is 3. The van der Waals surface area contributed by atoms with E-state index in [-0.39, 0.29) is 0 Å². The second-order valence-electron chi connectivity index (χ2n) is 4.21. The second-order valence-corrected chi connectivity index (χ2v) is 4.21. The zero-order valence-electron chi connectivity index (χ0n) is 10.9. The molecule has 16 heavy (non-hydrogen) atoms. The van der Waals surface area contributed by atoms with Gasteiger partial charge in [0.25, 0.3) is 0 Å². The number of ether oxygens (including phenoxy) is 1. The Kier molecular flexibility index (Phi) is 5.33. The fraction of sp³-hybridized carbons (Fsp3) is 0.571. The SMILES string of the molecule is CCNCCCc1cc(C)c(OC)cc1C. The van der Waals surface area contributed by atoms with E-state index in [0.29, 0.717) is 0 Å². The van der Waals surface area contributed by atoms with Crippen LogP contribution in [0.1, 0.15) is 30.0 Å². The summed E-state index contributed by atoms with van der Waals surface area (Å²) in [5.41, 5.74) is 4.00. The first-order chi connectivity index (χ1) is 7.69. The minimum Gasteiger partial charge on any atom is -0.496 e. The molecular weight excluding hydrogens is 198 g/mol. The molecule has 0 aliphatic rings. The van der Waals surface area contributed by atoms with Crippen molar-refractivity contribution >= 4 is 0 Å². The van der Waals surface area contributed by atoms with Gasteiger partial charge in [-0.3, -0.25) is 0 Å². The lowest BCUT2D eigenvalue weighted by atomic mass is 10.0. The Morgan fingerprint density at radius 1 is 1.19 bits per heavy atom. The standard InChI is InChI=1S/C14H23NO/c1-5-15-8-6-7-13-9-12(3)14(16-4)10-11(13)2/h9-10,15H,5-8H2,1-4H3. The predicted octanol–water partition coefficient (Wildman–Crippen LogP) is 2.85. The highest BCUT2D eigenvalue weighted by Gasteiger charge is 2.04. The molecule has 1 rings (SSSR count). The van der Waals surface area contributed by atoms with Gasteiger partial charge in [-0.2, -0.15) is 0 Å². The minimum atomic E-state index is 0.993. The van der Waals surface area contributed by atoms with E-state index in [4.69, 9.17) is 4.74 Å². The van der Waals surface area contributed by atoms with Gasteiger partial charge < -0.3 is 10.1 Å². The van der Waals surface area contributed by atoms with Crippen LogP contribution in [0.15, 0.2) is 12.1 Å². The molecule has 2 heteroatoms. The fourth-order valence-electron chi connectivity index (χ4n) is 1.92. The molecule has 0 heterocycles. The molecule has 0 atom stereocenters.